The Labute approximate surface area is 85.9 Å². The van der Waals surface area contributed by atoms with Crippen molar-refractivity contribution in [3.8, 4) is 5.75 Å². The monoisotopic (exact) mass is 215 g/mol. The van der Waals surface area contributed by atoms with Crippen molar-refractivity contribution in [2.75, 3.05) is 0 Å². The Morgan fingerprint density at radius 3 is 2.79 bits per heavy atom. The minimum Gasteiger partial charge on any atom is -0.506 e. The largest absolute Gasteiger partial charge is 0.506 e. The van der Waals surface area contributed by atoms with Crippen LogP contribution in [0, 0.1) is 0 Å². The number of nitrogens with two attached hydrogens (primary N) is 1. The van der Waals surface area contributed by atoms with Gasteiger partial charge in [-0.15, -0.1) is 0 Å². The van der Waals surface area contributed by atoms with Gasteiger partial charge < -0.3 is 15.9 Å². The molecule has 14 heavy (non-hydrogen) atoms. The van der Waals surface area contributed by atoms with Gasteiger partial charge in [-0.1, -0.05) is 23.7 Å². The third-order valence-electron chi connectivity index (χ3n) is 1.80. The molecule has 0 radical (unpaired) electrons. The number of benzene rings is 1. The van der Waals surface area contributed by atoms with Crippen LogP contribution in [0.25, 0.3) is 0 Å². The third kappa shape index (κ3) is 2.37. The first-order valence-corrected chi connectivity index (χ1v) is 4.35. The number of phenols is 1. The van der Waals surface area contributed by atoms with Crippen LogP contribution in [0.1, 0.15) is 18.0 Å². The number of aromatic hydroxyl groups is 1. The average molecular weight is 216 g/mol. The second-order valence-electron chi connectivity index (χ2n) is 2.88. The van der Waals surface area contributed by atoms with Crippen LogP contribution >= 0.6 is 11.6 Å². The zero-order valence-electron chi connectivity index (χ0n) is 7.27. The smallest absolute Gasteiger partial charge is 0.305 e. The molecule has 0 saturated carbocycles. The summed E-state index contributed by atoms with van der Waals surface area (Å²) in [5, 5.41) is 17.9. The van der Waals surface area contributed by atoms with Crippen molar-refractivity contribution in [3.05, 3.63) is 28.8 Å². The van der Waals surface area contributed by atoms with E-state index in [-0.39, 0.29) is 17.2 Å². The number of hydrogen-bond donors (Lipinski definition) is 3. The van der Waals surface area contributed by atoms with E-state index in [1.54, 1.807) is 12.1 Å². The maximum atomic E-state index is 10.4. The van der Waals surface area contributed by atoms with Gasteiger partial charge in [-0.25, -0.2) is 0 Å². The number of rotatable bonds is 3. The van der Waals surface area contributed by atoms with E-state index < -0.39 is 12.0 Å². The second-order valence-corrected chi connectivity index (χ2v) is 3.26. The fourth-order valence-corrected chi connectivity index (χ4v) is 1.39. The van der Waals surface area contributed by atoms with E-state index in [1.807, 2.05) is 0 Å². The number of carboxylic acid groups (broad SMARTS) is 1. The molecule has 0 unspecified atom stereocenters. The van der Waals surface area contributed by atoms with Gasteiger partial charge in [0.25, 0.3) is 0 Å². The summed E-state index contributed by atoms with van der Waals surface area (Å²) >= 11 is 5.75. The molecule has 0 aliphatic heterocycles. The maximum Gasteiger partial charge on any atom is 0.305 e. The molecule has 5 heteroatoms. The van der Waals surface area contributed by atoms with Crippen LogP contribution in [-0.4, -0.2) is 16.2 Å². The fraction of sp³-hybridized carbons (Fsp3) is 0.222. The highest BCUT2D eigenvalue weighted by Crippen LogP contribution is 2.30. The fourth-order valence-electron chi connectivity index (χ4n) is 1.12. The second kappa shape index (κ2) is 4.30. The lowest BCUT2D eigenvalue weighted by molar-refractivity contribution is -0.137. The molecule has 0 saturated heterocycles. The Morgan fingerprint density at radius 1 is 1.57 bits per heavy atom. The van der Waals surface area contributed by atoms with Crippen molar-refractivity contribution in [2.45, 2.75) is 12.5 Å². The summed E-state index contributed by atoms with van der Waals surface area (Å²) < 4.78 is 0. The van der Waals surface area contributed by atoms with Crippen LogP contribution in [0.5, 0.6) is 5.75 Å². The number of hydrogen-bond acceptors (Lipinski definition) is 3. The molecule has 0 fully saturated rings. The summed E-state index contributed by atoms with van der Waals surface area (Å²) in [7, 11) is 0. The Balaban J connectivity index is 2.95. The van der Waals surface area contributed by atoms with E-state index in [1.165, 1.54) is 6.07 Å². The quantitative estimate of drug-likeness (QED) is 0.714. The third-order valence-corrected chi connectivity index (χ3v) is 2.21. The highest BCUT2D eigenvalue weighted by atomic mass is 35.5. The maximum absolute atomic E-state index is 10.4. The first-order chi connectivity index (χ1) is 6.52. The predicted molar refractivity (Wildman–Crippen MR) is 52.3 cm³/mol. The van der Waals surface area contributed by atoms with Crippen molar-refractivity contribution in [2.24, 2.45) is 5.73 Å². The van der Waals surface area contributed by atoms with E-state index in [2.05, 4.69) is 0 Å². The summed E-state index contributed by atoms with van der Waals surface area (Å²) in [6.07, 6.45) is -0.219. The Morgan fingerprint density at radius 2 is 2.21 bits per heavy atom. The first kappa shape index (κ1) is 10.8. The molecule has 0 aliphatic rings. The SMILES string of the molecule is N[C@H](CC(=O)O)c1cccc(O)c1Cl. The van der Waals surface area contributed by atoms with Crippen LogP contribution in [0.2, 0.25) is 5.02 Å². The van der Waals surface area contributed by atoms with Gasteiger partial charge in [0.15, 0.2) is 0 Å². The van der Waals surface area contributed by atoms with Crippen LogP contribution < -0.4 is 5.73 Å². The van der Waals surface area contributed by atoms with Gasteiger partial charge in [-0.2, -0.15) is 0 Å². The molecule has 1 aromatic carbocycles. The molecule has 0 aliphatic carbocycles. The van der Waals surface area contributed by atoms with Crippen LogP contribution in [0.3, 0.4) is 0 Å². The molecule has 0 spiro atoms. The lowest BCUT2D eigenvalue weighted by atomic mass is 10.0. The summed E-state index contributed by atoms with van der Waals surface area (Å²) in [5.41, 5.74) is 6.03. The molecule has 0 bridgehead atoms. The summed E-state index contributed by atoms with van der Waals surface area (Å²) in [4.78, 5) is 10.4. The van der Waals surface area contributed by atoms with Crippen molar-refractivity contribution in [1.82, 2.24) is 0 Å². The molecular weight excluding hydrogens is 206 g/mol. The average Bonchev–Trinajstić information content (AvgIpc) is 2.08. The molecule has 4 N–H and O–H groups in total. The zero-order chi connectivity index (χ0) is 10.7. The van der Waals surface area contributed by atoms with Gasteiger partial charge >= 0.3 is 5.97 Å². The number of carboxylic acids is 1. The minimum atomic E-state index is -1.00. The molecule has 76 valence electrons. The molecular formula is C9H10ClNO3. The van der Waals surface area contributed by atoms with Crippen molar-refractivity contribution >= 4 is 17.6 Å². The van der Waals surface area contributed by atoms with Crippen molar-refractivity contribution in [1.29, 1.82) is 0 Å². The van der Waals surface area contributed by atoms with Crippen LogP contribution in [0.4, 0.5) is 0 Å². The molecule has 4 nitrogen and oxygen atoms in total. The number of halogens is 1. The van der Waals surface area contributed by atoms with Gasteiger partial charge in [0, 0.05) is 6.04 Å². The highest BCUT2D eigenvalue weighted by molar-refractivity contribution is 6.32. The van der Waals surface area contributed by atoms with Crippen LogP contribution in [0.15, 0.2) is 18.2 Å². The Hall–Kier alpha value is -1.26. The standard InChI is InChI=1S/C9H10ClNO3/c10-9-5(2-1-3-7(9)12)6(11)4-8(13)14/h1-3,6,12H,4,11H2,(H,13,14)/t6-/m1/s1. The Bertz CT molecular complexity index is 354. The Kier molecular flexibility index (Phi) is 3.33. The van der Waals surface area contributed by atoms with Crippen molar-refractivity contribution < 1.29 is 15.0 Å². The molecule has 1 atom stereocenters. The van der Waals surface area contributed by atoms with E-state index in [4.69, 9.17) is 22.4 Å². The van der Waals surface area contributed by atoms with E-state index in [9.17, 15) is 9.90 Å². The molecule has 0 heterocycles. The number of aliphatic carboxylic acids is 1. The van der Waals surface area contributed by atoms with Gasteiger partial charge in [-0.05, 0) is 11.6 Å². The number of carbonyl (C=O) groups is 1. The summed E-state index contributed by atoms with van der Waals surface area (Å²) in [6, 6.07) is 3.87. The van der Waals surface area contributed by atoms with E-state index in [0.29, 0.717) is 5.56 Å². The van der Waals surface area contributed by atoms with Gasteiger partial charge in [0.2, 0.25) is 0 Å². The molecule has 1 rings (SSSR count). The first-order valence-electron chi connectivity index (χ1n) is 3.97. The summed E-state index contributed by atoms with van der Waals surface area (Å²) in [5.74, 6) is -1.10. The molecule has 1 aromatic rings. The lowest BCUT2D eigenvalue weighted by Gasteiger charge is -2.11. The zero-order valence-corrected chi connectivity index (χ0v) is 8.03. The topological polar surface area (TPSA) is 83.6 Å². The van der Waals surface area contributed by atoms with Gasteiger partial charge in [0.05, 0.1) is 11.4 Å². The molecule has 0 amide bonds. The van der Waals surface area contributed by atoms with Gasteiger partial charge in [0.1, 0.15) is 5.75 Å². The van der Waals surface area contributed by atoms with Crippen molar-refractivity contribution in [3.63, 3.8) is 0 Å². The lowest BCUT2D eigenvalue weighted by Crippen LogP contribution is -2.15. The van der Waals surface area contributed by atoms with E-state index >= 15 is 0 Å². The van der Waals surface area contributed by atoms with Gasteiger partial charge in [-0.3, -0.25) is 4.79 Å². The number of phenolic OH excluding ortho intramolecular Hbond substituents is 1. The minimum absolute atomic E-state index is 0.0926. The predicted octanol–water partition coefficient (Wildman–Crippen LogP) is 1.52. The van der Waals surface area contributed by atoms with E-state index in [0.717, 1.165) is 0 Å². The normalized spacial score (nSPS) is 12.4. The highest BCUT2D eigenvalue weighted by Gasteiger charge is 2.15. The summed E-state index contributed by atoms with van der Waals surface area (Å²) in [6.45, 7) is 0. The molecule has 0 aromatic heterocycles. The van der Waals surface area contributed by atoms with Crippen LogP contribution in [-0.2, 0) is 4.79 Å².